The number of rotatable bonds is 13. The van der Waals surface area contributed by atoms with Gasteiger partial charge < -0.3 is 25.0 Å². The zero-order valence-corrected chi connectivity index (χ0v) is 18.6. The minimum atomic E-state index is -0.175. The Bertz CT molecular complexity index is 818. The van der Waals surface area contributed by atoms with E-state index in [1.54, 1.807) is 31.4 Å². The molecule has 0 aliphatic heterocycles. The number of carbonyl (C=O) groups is 2. The molecule has 7 nitrogen and oxygen atoms in total. The van der Waals surface area contributed by atoms with Gasteiger partial charge in [0.25, 0.3) is 5.91 Å². The summed E-state index contributed by atoms with van der Waals surface area (Å²) in [4.78, 5) is 26.8. The molecule has 0 spiro atoms. The summed E-state index contributed by atoms with van der Waals surface area (Å²) in [7, 11) is 1.62. The lowest BCUT2D eigenvalue weighted by Gasteiger charge is -2.21. The number of benzene rings is 2. The molecule has 2 aromatic carbocycles. The lowest BCUT2D eigenvalue weighted by Crippen LogP contribution is -2.32. The standard InChI is InChI=1S/C24H33N3O4/c1-4-13-27(14-5-2)24(29)19-9-11-20(12-10-19)25-18-23(28)26-21-7-6-8-22(17-21)31-16-15-30-3/h6-12,17,25H,4-5,13-16,18H2,1-3H3,(H,26,28). The van der Waals surface area contributed by atoms with Gasteiger partial charge in [-0.3, -0.25) is 9.59 Å². The van der Waals surface area contributed by atoms with Crippen LogP contribution in [0.4, 0.5) is 11.4 Å². The van der Waals surface area contributed by atoms with Gasteiger partial charge in [-0.25, -0.2) is 0 Å². The number of amides is 2. The summed E-state index contributed by atoms with van der Waals surface area (Å²) in [6.07, 6.45) is 1.87. The summed E-state index contributed by atoms with van der Waals surface area (Å²) in [5.74, 6) is 0.537. The monoisotopic (exact) mass is 427 g/mol. The van der Waals surface area contributed by atoms with E-state index in [-0.39, 0.29) is 18.4 Å². The van der Waals surface area contributed by atoms with Crippen LogP contribution in [0.3, 0.4) is 0 Å². The third-order valence-electron chi connectivity index (χ3n) is 4.53. The minimum absolute atomic E-state index is 0.0422. The predicted octanol–water partition coefficient (Wildman–Crippen LogP) is 4.02. The molecule has 0 heterocycles. The molecule has 0 aliphatic rings. The van der Waals surface area contributed by atoms with E-state index in [1.807, 2.05) is 29.2 Å². The zero-order chi connectivity index (χ0) is 22.5. The van der Waals surface area contributed by atoms with Crippen molar-refractivity contribution < 1.29 is 19.1 Å². The van der Waals surface area contributed by atoms with Crippen molar-refractivity contribution in [3.8, 4) is 5.75 Å². The smallest absolute Gasteiger partial charge is 0.253 e. The van der Waals surface area contributed by atoms with Gasteiger partial charge in [-0.1, -0.05) is 19.9 Å². The molecule has 2 aromatic rings. The Balaban J connectivity index is 1.85. The number of nitrogens with one attached hydrogen (secondary N) is 2. The predicted molar refractivity (Wildman–Crippen MR) is 124 cm³/mol. The molecule has 0 fully saturated rings. The molecule has 0 radical (unpaired) electrons. The molecule has 2 N–H and O–H groups in total. The van der Waals surface area contributed by atoms with Crippen molar-refractivity contribution in [1.29, 1.82) is 0 Å². The van der Waals surface area contributed by atoms with Crippen LogP contribution >= 0.6 is 0 Å². The van der Waals surface area contributed by atoms with Crippen molar-refractivity contribution in [3.05, 3.63) is 54.1 Å². The summed E-state index contributed by atoms with van der Waals surface area (Å²) in [6.45, 7) is 6.71. The van der Waals surface area contributed by atoms with E-state index < -0.39 is 0 Å². The highest BCUT2D eigenvalue weighted by Gasteiger charge is 2.14. The molecule has 7 heteroatoms. The van der Waals surface area contributed by atoms with Crippen LogP contribution in [0.25, 0.3) is 0 Å². The van der Waals surface area contributed by atoms with Gasteiger partial charge in [0, 0.05) is 43.2 Å². The van der Waals surface area contributed by atoms with Crippen molar-refractivity contribution in [1.82, 2.24) is 4.90 Å². The first-order valence-corrected chi connectivity index (χ1v) is 10.7. The second-order valence-electron chi connectivity index (χ2n) is 7.14. The highest BCUT2D eigenvalue weighted by Crippen LogP contribution is 2.17. The summed E-state index contributed by atoms with van der Waals surface area (Å²) >= 11 is 0. The van der Waals surface area contributed by atoms with Crippen molar-refractivity contribution >= 4 is 23.2 Å². The van der Waals surface area contributed by atoms with Crippen LogP contribution in [0.1, 0.15) is 37.0 Å². The fraction of sp³-hybridized carbons (Fsp3) is 0.417. The maximum atomic E-state index is 12.6. The quantitative estimate of drug-likeness (QED) is 0.472. The molecular formula is C24H33N3O4. The molecule has 31 heavy (non-hydrogen) atoms. The third-order valence-corrected chi connectivity index (χ3v) is 4.53. The highest BCUT2D eigenvalue weighted by molar-refractivity contribution is 5.95. The molecule has 2 amide bonds. The summed E-state index contributed by atoms with van der Waals surface area (Å²) in [6, 6.07) is 14.5. The number of carbonyl (C=O) groups excluding carboxylic acids is 2. The van der Waals surface area contributed by atoms with Gasteiger partial charge in [-0.15, -0.1) is 0 Å². The SMILES string of the molecule is CCCN(CCC)C(=O)c1ccc(NCC(=O)Nc2cccc(OCCOC)c2)cc1. The van der Waals surface area contributed by atoms with Crippen LogP contribution in [-0.4, -0.2) is 56.7 Å². The number of anilines is 2. The van der Waals surface area contributed by atoms with Crippen molar-refractivity contribution in [2.24, 2.45) is 0 Å². The molecule has 0 aromatic heterocycles. The van der Waals surface area contributed by atoms with Crippen molar-refractivity contribution in [2.45, 2.75) is 26.7 Å². The molecule has 2 rings (SSSR count). The molecule has 0 saturated heterocycles. The number of ether oxygens (including phenoxy) is 2. The minimum Gasteiger partial charge on any atom is -0.491 e. The van der Waals surface area contributed by atoms with Gasteiger partial charge in [0.2, 0.25) is 5.91 Å². The Hall–Kier alpha value is -3.06. The maximum absolute atomic E-state index is 12.6. The van der Waals surface area contributed by atoms with E-state index in [1.165, 1.54) is 0 Å². The maximum Gasteiger partial charge on any atom is 0.253 e. The number of hydrogen-bond donors (Lipinski definition) is 2. The summed E-state index contributed by atoms with van der Waals surface area (Å²) < 4.78 is 10.5. The fourth-order valence-corrected chi connectivity index (χ4v) is 3.06. The molecule has 0 aliphatic carbocycles. The summed E-state index contributed by atoms with van der Waals surface area (Å²) in [5, 5.41) is 5.92. The third kappa shape index (κ3) is 8.30. The van der Waals surface area contributed by atoms with Crippen LogP contribution in [0.5, 0.6) is 5.75 Å². The summed E-state index contributed by atoms with van der Waals surface area (Å²) in [5.41, 5.74) is 2.10. The molecule has 0 saturated carbocycles. The molecule has 0 atom stereocenters. The van der Waals surface area contributed by atoms with Crippen LogP contribution < -0.4 is 15.4 Å². The van der Waals surface area contributed by atoms with Crippen LogP contribution in [0.2, 0.25) is 0 Å². The van der Waals surface area contributed by atoms with Gasteiger partial charge in [0.1, 0.15) is 12.4 Å². The second kappa shape index (κ2) is 13.3. The lowest BCUT2D eigenvalue weighted by molar-refractivity contribution is -0.114. The highest BCUT2D eigenvalue weighted by atomic mass is 16.5. The Morgan fingerprint density at radius 3 is 2.29 bits per heavy atom. The van der Waals surface area contributed by atoms with E-state index in [0.29, 0.717) is 30.2 Å². The first-order valence-electron chi connectivity index (χ1n) is 10.7. The average molecular weight is 428 g/mol. The average Bonchev–Trinajstić information content (AvgIpc) is 2.78. The van der Waals surface area contributed by atoms with Crippen LogP contribution in [0.15, 0.2) is 48.5 Å². The first kappa shape index (κ1) is 24.2. The van der Waals surface area contributed by atoms with Gasteiger partial charge in [0.05, 0.1) is 13.2 Å². The molecule has 168 valence electrons. The second-order valence-corrected chi connectivity index (χ2v) is 7.14. The normalized spacial score (nSPS) is 10.4. The van der Waals surface area contributed by atoms with Gasteiger partial charge in [0.15, 0.2) is 0 Å². The Morgan fingerprint density at radius 2 is 1.65 bits per heavy atom. The number of nitrogens with zero attached hydrogens (tertiary/aromatic N) is 1. The largest absolute Gasteiger partial charge is 0.491 e. The van der Waals surface area contributed by atoms with Gasteiger partial charge in [-0.05, 0) is 49.2 Å². The fourth-order valence-electron chi connectivity index (χ4n) is 3.06. The van der Waals surface area contributed by atoms with Gasteiger partial charge in [-0.2, -0.15) is 0 Å². The first-order chi connectivity index (χ1) is 15.1. The Morgan fingerprint density at radius 1 is 0.935 bits per heavy atom. The Kier molecular flexibility index (Phi) is 10.4. The molecule has 0 unspecified atom stereocenters. The van der Waals surface area contributed by atoms with E-state index in [2.05, 4.69) is 24.5 Å². The Labute approximate surface area is 184 Å². The van der Waals surface area contributed by atoms with E-state index >= 15 is 0 Å². The van der Waals surface area contributed by atoms with Crippen molar-refractivity contribution in [2.75, 3.05) is 50.6 Å². The number of methoxy groups -OCH3 is 1. The topological polar surface area (TPSA) is 79.9 Å². The van der Waals surface area contributed by atoms with E-state index in [4.69, 9.17) is 9.47 Å². The zero-order valence-electron chi connectivity index (χ0n) is 18.6. The van der Waals surface area contributed by atoms with Crippen LogP contribution in [0, 0.1) is 0 Å². The lowest BCUT2D eigenvalue weighted by atomic mass is 10.1. The van der Waals surface area contributed by atoms with Crippen LogP contribution in [-0.2, 0) is 9.53 Å². The van der Waals surface area contributed by atoms with Gasteiger partial charge >= 0.3 is 0 Å². The molecular weight excluding hydrogens is 394 g/mol. The van der Waals surface area contributed by atoms with Crippen molar-refractivity contribution in [3.63, 3.8) is 0 Å². The van der Waals surface area contributed by atoms with E-state index in [9.17, 15) is 9.59 Å². The van der Waals surface area contributed by atoms with E-state index in [0.717, 1.165) is 31.6 Å². The molecule has 0 bridgehead atoms. The number of hydrogen-bond acceptors (Lipinski definition) is 5.